The molecule has 1 atom stereocenters. The molecule has 108 valence electrons. The molecule has 2 fully saturated rings. The first-order chi connectivity index (χ1) is 9.04. The summed E-state index contributed by atoms with van der Waals surface area (Å²) >= 11 is 0. The van der Waals surface area contributed by atoms with Crippen molar-refractivity contribution in [2.45, 2.75) is 70.4 Å². The Bertz CT molecular complexity index is 324. The van der Waals surface area contributed by atoms with Gasteiger partial charge in [-0.15, -0.1) is 0 Å². The van der Waals surface area contributed by atoms with Crippen LogP contribution in [0.15, 0.2) is 12.2 Å². The van der Waals surface area contributed by atoms with E-state index in [-0.39, 0.29) is 24.0 Å². The summed E-state index contributed by atoms with van der Waals surface area (Å²) in [4.78, 5) is 11.5. The third kappa shape index (κ3) is 3.57. The molecule has 0 N–H and O–H groups in total. The van der Waals surface area contributed by atoms with E-state index in [1.807, 2.05) is 6.92 Å². The Morgan fingerprint density at radius 3 is 2.68 bits per heavy atom. The van der Waals surface area contributed by atoms with Crippen molar-refractivity contribution in [3.05, 3.63) is 12.2 Å². The maximum atomic E-state index is 11.5. The Labute approximate surface area is 115 Å². The minimum Gasteiger partial charge on any atom is -0.455 e. The molecule has 1 aliphatic carbocycles. The lowest BCUT2D eigenvalue weighted by Gasteiger charge is -2.36. The summed E-state index contributed by atoms with van der Waals surface area (Å²) in [7, 11) is 0. The van der Waals surface area contributed by atoms with Crippen LogP contribution in [0.5, 0.6) is 0 Å². The predicted octanol–water partition coefficient (Wildman–Crippen LogP) is 2.96. The Hall–Kier alpha value is -0.870. The first-order valence-electron chi connectivity index (χ1n) is 7.23. The Morgan fingerprint density at radius 2 is 2.16 bits per heavy atom. The summed E-state index contributed by atoms with van der Waals surface area (Å²) in [5.74, 6) is -0.223. The average Bonchev–Trinajstić information content (AvgIpc) is 2.65. The van der Waals surface area contributed by atoms with E-state index in [1.54, 1.807) is 0 Å². The van der Waals surface area contributed by atoms with Gasteiger partial charge in [0.15, 0.2) is 6.29 Å². The molecule has 0 radical (unpaired) electrons. The fraction of sp³-hybridized carbons (Fsp3) is 0.800. The van der Waals surface area contributed by atoms with Crippen LogP contribution < -0.4 is 0 Å². The lowest BCUT2D eigenvalue weighted by atomic mass is 9.81. The number of ether oxygens (including phenoxy) is 3. The molecule has 0 aromatic carbocycles. The number of carbonyl (C=O) groups excluding carboxylic acids is 1. The predicted molar refractivity (Wildman–Crippen MR) is 71.6 cm³/mol. The van der Waals surface area contributed by atoms with Crippen molar-refractivity contribution in [3.63, 3.8) is 0 Å². The van der Waals surface area contributed by atoms with Crippen LogP contribution in [0.2, 0.25) is 0 Å². The fourth-order valence-electron chi connectivity index (χ4n) is 2.89. The molecule has 1 aliphatic heterocycles. The van der Waals surface area contributed by atoms with E-state index in [0.29, 0.717) is 12.0 Å². The molecule has 1 saturated heterocycles. The number of carbonyl (C=O) groups is 1. The second-order valence-electron chi connectivity index (χ2n) is 5.63. The number of esters is 1. The van der Waals surface area contributed by atoms with Gasteiger partial charge in [-0.1, -0.05) is 13.5 Å². The SMILES string of the molecule is C=C1CC2(CCC(OC(C)OCCC)CC2)OC1=O. The van der Waals surface area contributed by atoms with Crippen molar-refractivity contribution in [1.29, 1.82) is 0 Å². The van der Waals surface area contributed by atoms with E-state index in [9.17, 15) is 4.79 Å². The first kappa shape index (κ1) is 14.5. The summed E-state index contributed by atoms with van der Waals surface area (Å²) in [5.41, 5.74) is 0.320. The van der Waals surface area contributed by atoms with Crippen molar-refractivity contribution in [2.24, 2.45) is 0 Å². The van der Waals surface area contributed by atoms with Crippen LogP contribution in [-0.2, 0) is 19.0 Å². The zero-order valence-electron chi connectivity index (χ0n) is 11.9. The Morgan fingerprint density at radius 1 is 1.47 bits per heavy atom. The summed E-state index contributed by atoms with van der Waals surface area (Å²) in [5, 5.41) is 0. The lowest BCUT2D eigenvalue weighted by molar-refractivity contribution is -0.180. The van der Waals surface area contributed by atoms with Gasteiger partial charge in [-0.3, -0.25) is 0 Å². The van der Waals surface area contributed by atoms with Gasteiger partial charge < -0.3 is 14.2 Å². The molecule has 0 aromatic rings. The Kier molecular flexibility index (Phi) is 4.63. The van der Waals surface area contributed by atoms with Crippen LogP contribution in [0.25, 0.3) is 0 Å². The van der Waals surface area contributed by atoms with Gasteiger partial charge in [-0.25, -0.2) is 4.79 Å². The quantitative estimate of drug-likeness (QED) is 0.437. The van der Waals surface area contributed by atoms with Crippen LogP contribution in [0, 0.1) is 0 Å². The minimum atomic E-state index is -0.290. The zero-order valence-corrected chi connectivity index (χ0v) is 11.9. The number of hydrogen-bond donors (Lipinski definition) is 0. The highest BCUT2D eigenvalue weighted by Crippen LogP contribution is 2.42. The molecular formula is C15H24O4. The standard InChI is InChI=1S/C15H24O4/c1-4-9-17-12(3)18-13-5-7-15(8-6-13)10-11(2)14(16)19-15/h12-13H,2,4-10H2,1,3H3. The van der Waals surface area contributed by atoms with Gasteiger partial charge in [0.05, 0.1) is 6.10 Å². The van der Waals surface area contributed by atoms with Gasteiger partial charge >= 0.3 is 5.97 Å². The molecule has 2 rings (SSSR count). The monoisotopic (exact) mass is 268 g/mol. The van der Waals surface area contributed by atoms with Gasteiger partial charge in [-0.05, 0) is 39.0 Å². The van der Waals surface area contributed by atoms with Crippen molar-refractivity contribution in [3.8, 4) is 0 Å². The average molecular weight is 268 g/mol. The molecule has 1 spiro atoms. The molecule has 1 heterocycles. The summed E-state index contributed by atoms with van der Waals surface area (Å²) in [6.45, 7) is 8.52. The van der Waals surface area contributed by atoms with Crippen molar-refractivity contribution in [2.75, 3.05) is 6.61 Å². The summed E-state index contributed by atoms with van der Waals surface area (Å²) in [6.07, 6.45) is 5.30. The fourth-order valence-corrected chi connectivity index (χ4v) is 2.89. The maximum absolute atomic E-state index is 11.5. The molecule has 19 heavy (non-hydrogen) atoms. The van der Waals surface area contributed by atoms with Crippen LogP contribution in [0.1, 0.15) is 52.4 Å². The second-order valence-corrected chi connectivity index (χ2v) is 5.63. The minimum absolute atomic E-state index is 0.153. The molecule has 2 aliphatic rings. The smallest absolute Gasteiger partial charge is 0.334 e. The molecule has 0 bridgehead atoms. The number of hydrogen-bond acceptors (Lipinski definition) is 4. The summed E-state index contributed by atoms with van der Waals surface area (Å²) < 4.78 is 16.9. The number of rotatable bonds is 5. The van der Waals surface area contributed by atoms with Gasteiger partial charge in [0.2, 0.25) is 0 Å². The molecule has 0 aromatic heterocycles. The van der Waals surface area contributed by atoms with Crippen LogP contribution >= 0.6 is 0 Å². The van der Waals surface area contributed by atoms with Gasteiger partial charge in [0.25, 0.3) is 0 Å². The highest BCUT2D eigenvalue weighted by Gasteiger charge is 2.45. The van der Waals surface area contributed by atoms with E-state index in [0.717, 1.165) is 38.7 Å². The van der Waals surface area contributed by atoms with E-state index in [1.165, 1.54) is 0 Å². The molecule has 4 nitrogen and oxygen atoms in total. The highest BCUT2D eigenvalue weighted by molar-refractivity contribution is 5.90. The van der Waals surface area contributed by atoms with E-state index >= 15 is 0 Å². The largest absolute Gasteiger partial charge is 0.455 e. The molecule has 4 heteroatoms. The van der Waals surface area contributed by atoms with E-state index < -0.39 is 0 Å². The van der Waals surface area contributed by atoms with Gasteiger partial charge in [0.1, 0.15) is 5.60 Å². The Balaban J connectivity index is 1.76. The lowest BCUT2D eigenvalue weighted by Crippen LogP contribution is -2.37. The maximum Gasteiger partial charge on any atom is 0.334 e. The van der Waals surface area contributed by atoms with Crippen LogP contribution in [-0.4, -0.2) is 30.6 Å². The van der Waals surface area contributed by atoms with Gasteiger partial charge in [0, 0.05) is 18.6 Å². The third-order valence-corrected chi connectivity index (χ3v) is 3.92. The van der Waals surface area contributed by atoms with E-state index in [2.05, 4.69) is 13.5 Å². The topological polar surface area (TPSA) is 44.8 Å². The van der Waals surface area contributed by atoms with Crippen LogP contribution in [0.4, 0.5) is 0 Å². The molecular weight excluding hydrogens is 244 g/mol. The normalized spacial score (nSPS) is 32.6. The highest BCUT2D eigenvalue weighted by atomic mass is 16.7. The van der Waals surface area contributed by atoms with Crippen molar-refractivity contribution < 1.29 is 19.0 Å². The van der Waals surface area contributed by atoms with Crippen molar-refractivity contribution >= 4 is 5.97 Å². The summed E-state index contributed by atoms with van der Waals surface area (Å²) in [6, 6.07) is 0. The molecule has 0 amide bonds. The second kappa shape index (κ2) is 6.06. The molecule has 1 unspecified atom stereocenters. The third-order valence-electron chi connectivity index (χ3n) is 3.92. The van der Waals surface area contributed by atoms with Gasteiger partial charge in [-0.2, -0.15) is 0 Å². The van der Waals surface area contributed by atoms with E-state index in [4.69, 9.17) is 14.2 Å². The van der Waals surface area contributed by atoms with Crippen molar-refractivity contribution in [1.82, 2.24) is 0 Å². The zero-order chi connectivity index (χ0) is 13.9. The molecule has 1 saturated carbocycles. The first-order valence-corrected chi connectivity index (χ1v) is 7.23. The van der Waals surface area contributed by atoms with Crippen LogP contribution in [0.3, 0.4) is 0 Å².